The summed E-state index contributed by atoms with van der Waals surface area (Å²) in [6, 6.07) is 25.9. The average molecular weight is 637 g/mol. The minimum absolute atomic E-state index is 0. The van der Waals surface area contributed by atoms with Crippen LogP contribution in [0.2, 0.25) is 0 Å². The van der Waals surface area contributed by atoms with Gasteiger partial charge in [-0.15, -0.1) is 0 Å². The molecule has 1 N–H and O–H groups in total. The Morgan fingerprint density at radius 3 is 1.87 bits per heavy atom. The first-order valence-corrected chi connectivity index (χ1v) is 16.9. The lowest BCUT2D eigenvalue weighted by Gasteiger charge is -2.25. The molecule has 4 saturated carbocycles. The number of ether oxygens (including phenoxy) is 4. The summed E-state index contributed by atoms with van der Waals surface area (Å²) in [6.45, 7) is 4.87. The van der Waals surface area contributed by atoms with Gasteiger partial charge in [0.15, 0.2) is 5.79 Å². The summed E-state index contributed by atoms with van der Waals surface area (Å²) in [5.41, 5.74) is 0.956. The fourth-order valence-electron chi connectivity index (χ4n) is 7.21. The normalized spacial score (nSPS) is 27.9. The molecule has 45 heavy (non-hydrogen) atoms. The van der Waals surface area contributed by atoms with E-state index in [1.807, 2.05) is 67.6 Å². The molecule has 4 aliphatic carbocycles. The summed E-state index contributed by atoms with van der Waals surface area (Å²) in [6.07, 6.45) is 4.20. The van der Waals surface area contributed by atoms with Crippen molar-refractivity contribution in [1.82, 2.24) is 0 Å². The maximum Gasteiger partial charge on any atom is 0.294 e. The average Bonchev–Trinajstić information content (AvgIpc) is 3.70. The van der Waals surface area contributed by atoms with E-state index in [4.69, 9.17) is 23.5 Å². The van der Waals surface area contributed by atoms with Crippen LogP contribution in [-0.4, -0.2) is 51.0 Å². The van der Waals surface area contributed by atoms with Gasteiger partial charge in [0, 0.05) is 36.5 Å². The molecule has 1 aliphatic heterocycles. The van der Waals surface area contributed by atoms with Gasteiger partial charge in [-0.1, -0.05) is 61.5 Å². The van der Waals surface area contributed by atoms with Crippen molar-refractivity contribution in [3.63, 3.8) is 0 Å². The molecule has 5 fully saturated rings. The number of benzene rings is 3. The minimum Gasteiger partial charge on any atom is -0.493 e. The Morgan fingerprint density at radius 1 is 0.800 bits per heavy atom. The molecule has 0 bridgehead atoms. The van der Waals surface area contributed by atoms with Crippen LogP contribution in [0, 0.1) is 42.4 Å². The number of carbonyl (C=O) groups is 1. The number of carbonyl (C=O) groups excluding carboxylic acids is 1. The van der Waals surface area contributed by atoms with E-state index in [2.05, 4.69) is 0 Å². The predicted molar refractivity (Wildman–Crippen MR) is 171 cm³/mol. The highest BCUT2D eigenvalue weighted by Gasteiger charge is 2.68. The number of ketones is 1. The van der Waals surface area contributed by atoms with E-state index in [1.54, 1.807) is 12.1 Å². The molecule has 1 spiro atoms. The minimum atomic E-state index is -4.02. The molecule has 1 saturated heterocycles. The maximum atomic E-state index is 11.4. The maximum absolute atomic E-state index is 11.4. The van der Waals surface area contributed by atoms with Gasteiger partial charge in [0.05, 0.1) is 31.3 Å². The summed E-state index contributed by atoms with van der Waals surface area (Å²) < 4.78 is 52.8. The van der Waals surface area contributed by atoms with E-state index in [0.717, 1.165) is 62.1 Å². The van der Waals surface area contributed by atoms with Gasteiger partial charge in [-0.05, 0) is 68.0 Å². The Balaban J connectivity index is 0.000000136. The Morgan fingerprint density at radius 2 is 1.36 bits per heavy atom. The summed E-state index contributed by atoms with van der Waals surface area (Å²) in [7, 11) is -4.02. The van der Waals surface area contributed by atoms with E-state index in [1.165, 1.54) is 18.6 Å². The van der Waals surface area contributed by atoms with E-state index >= 15 is 0 Å². The van der Waals surface area contributed by atoms with Crippen LogP contribution in [0.3, 0.4) is 0 Å². The standard InChI is InChI=1S/C15H18O3.C13H14O2.C7H8O3S.CH4/c1-2-4-11(5-3-1)16-10-13-12-6-7-15(14(12)13)17-8-9-18-15;14-12-7-6-10-11(13(10)12)8-15-9-4-2-1-3-5-9;1-6-2-4-7(5-3-6)11(8,9)10;/h1-5,12-14H,6-10H2;1-5,10-11,13H,6-8H2;2-5H,1H3,(H,8,9,10);1H4/t12-,13+,14-;10-,11+,13-;;/m00../s1. The smallest absolute Gasteiger partial charge is 0.294 e. The summed E-state index contributed by atoms with van der Waals surface area (Å²) in [5.74, 6) is 5.53. The Labute approximate surface area is 266 Å². The third-order valence-corrected chi connectivity index (χ3v) is 10.4. The highest BCUT2D eigenvalue weighted by molar-refractivity contribution is 7.85. The van der Waals surface area contributed by atoms with Crippen LogP contribution in [0.4, 0.5) is 0 Å². The Kier molecular flexibility index (Phi) is 10.3. The van der Waals surface area contributed by atoms with Crippen molar-refractivity contribution < 1.29 is 36.7 Å². The lowest BCUT2D eigenvalue weighted by atomic mass is 10.1. The number of Topliss-reactive ketones (excluding diaryl/α,β-unsaturated/α-hetero) is 1. The topological polar surface area (TPSA) is 108 Å². The van der Waals surface area contributed by atoms with Crippen molar-refractivity contribution in [2.24, 2.45) is 35.5 Å². The van der Waals surface area contributed by atoms with Crippen molar-refractivity contribution in [1.29, 1.82) is 0 Å². The van der Waals surface area contributed by atoms with Crippen molar-refractivity contribution in [3.8, 4) is 11.5 Å². The lowest BCUT2D eigenvalue weighted by Crippen LogP contribution is -2.32. The third kappa shape index (κ3) is 7.77. The zero-order valence-electron chi connectivity index (χ0n) is 24.9. The van der Waals surface area contributed by atoms with Crippen LogP contribution >= 0.6 is 0 Å². The van der Waals surface area contributed by atoms with Crippen LogP contribution in [0.1, 0.15) is 38.7 Å². The largest absolute Gasteiger partial charge is 0.493 e. The summed E-state index contributed by atoms with van der Waals surface area (Å²) >= 11 is 0. The van der Waals surface area contributed by atoms with Gasteiger partial charge in [0.2, 0.25) is 0 Å². The molecule has 6 atom stereocenters. The first-order valence-electron chi connectivity index (χ1n) is 15.5. The molecule has 3 aromatic rings. The molecule has 5 aliphatic rings. The summed E-state index contributed by atoms with van der Waals surface area (Å²) in [5, 5.41) is 0. The van der Waals surface area contributed by atoms with Crippen LogP contribution < -0.4 is 9.47 Å². The second-order valence-corrected chi connectivity index (χ2v) is 13.7. The van der Waals surface area contributed by atoms with E-state index < -0.39 is 10.1 Å². The quantitative estimate of drug-likeness (QED) is 0.288. The van der Waals surface area contributed by atoms with Crippen molar-refractivity contribution in [3.05, 3.63) is 90.5 Å². The van der Waals surface area contributed by atoms with Gasteiger partial charge in [0.25, 0.3) is 10.1 Å². The lowest BCUT2D eigenvalue weighted by molar-refractivity contribution is -0.171. The second kappa shape index (κ2) is 14.0. The molecule has 3 aromatic carbocycles. The van der Waals surface area contributed by atoms with Gasteiger partial charge < -0.3 is 18.9 Å². The van der Waals surface area contributed by atoms with Gasteiger partial charge in [-0.3, -0.25) is 9.35 Å². The summed E-state index contributed by atoms with van der Waals surface area (Å²) in [4.78, 5) is 11.3. The molecular formula is C36H44O8S. The molecule has 1 heterocycles. The molecule has 0 amide bonds. The van der Waals surface area contributed by atoms with Crippen LogP contribution in [0.15, 0.2) is 89.8 Å². The fourth-order valence-corrected chi connectivity index (χ4v) is 7.69. The third-order valence-electron chi connectivity index (χ3n) is 9.56. The fraction of sp³-hybridized carbons (Fsp3) is 0.472. The van der Waals surface area contributed by atoms with E-state index in [-0.39, 0.29) is 18.1 Å². The van der Waals surface area contributed by atoms with E-state index in [9.17, 15) is 13.2 Å². The number of aryl methyl sites for hydroxylation is 1. The highest BCUT2D eigenvalue weighted by atomic mass is 32.2. The van der Waals surface area contributed by atoms with Crippen LogP contribution in [-0.2, 0) is 24.4 Å². The molecule has 8 nitrogen and oxygen atoms in total. The number of fused-ring (bicyclic) bond motifs is 3. The van der Waals surface area contributed by atoms with E-state index in [0.29, 0.717) is 42.0 Å². The number of rotatable bonds is 7. The predicted octanol–water partition coefficient (Wildman–Crippen LogP) is 6.63. The number of hydrogen-bond donors (Lipinski definition) is 1. The van der Waals surface area contributed by atoms with Crippen LogP contribution in [0.25, 0.3) is 0 Å². The van der Waals surface area contributed by atoms with Gasteiger partial charge in [-0.2, -0.15) is 8.42 Å². The molecule has 9 heteroatoms. The number of hydrogen-bond acceptors (Lipinski definition) is 7. The molecule has 0 aromatic heterocycles. The van der Waals surface area contributed by atoms with Crippen molar-refractivity contribution >= 4 is 15.9 Å². The van der Waals surface area contributed by atoms with Crippen molar-refractivity contribution in [2.45, 2.75) is 50.7 Å². The molecule has 242 valence electrons. The second-order valence-electron chi connectivity index (χ2n) is 12.3. The first kappa shape index (κ1) is 33.1. The molecule has 0 radical (unpaired) electrons. The monoisotopic (exact) mass is 636 g/mol. The zero-order chi connectivity index (χ0) is 30.7. The Bertz CT molecular complexity index is 1500. The van der Waals surface area contributed by atoms with Gasteiger partial charge >= 0.3 is 0 Å². The zero-order valence-corrected chi connectivity index (χ0v) is 25.7. The van der Waals surface area contributed by atoms with Crippen LogP contribution in [0.5, 0.6) is 11.5 Å². The molecule has 0 unspecified atom stereocenters. The van der Waals surface area contributed by atoms with Gasteiger partial charge in [-0.25, -0.2) is 0 Å². The Hall–Kier alpha value is -3.24. The number of para-hydroxylation sites is 2. The SMILES string of the molecule is C.Cc1ccc(S(=O)(=O)O)cc1.O=C1CC[C@H]2[C@@H](COc3ccccc3)[C@@H]12.c1ccc(OC[C@@H]2[C@@H]3CCC4(OCCO4)[C@H]23)cc1. The molecular weight excluding hydrogens is 592 g/mol. The highest BCUT2D eigenvalue weighted by Crippen LogP contribution is 2.64. The van der Waals surface area contributed by atoms with Gasteiger partial charge in [0.1, 0.15) is 17.3 Å². The van der Waals surface area contributed by atoms with Crippen molar-refractivity contribution in [2.75, 3.05) is 26.4 Å². The first-order chi connectivity index (χ1) is 21.2. The molecule has 8 rings (SSSR count).